The van der Waals surface area contributed by atoms with E-state index in [0.717, 1.165) is 11.1 Å². The summed E-state index contributed by atoms with van der Waals surface area (Å²) in [7, 11) is 0. The molecule has 0 fully saturated rings. The van der Waals surface area contributed by atoms with E-state index in [2.05, 4.69) is 21.5 Å². The highest BCUT2D eigenvalue weighted by molar-refractivity contribution is 5.89. The van der Waals surface area contributed by atoms with Crippen LogP contribution in [0.25, 0.3) is 0 Å². The SMILES string of the molecule is [NH3+][C@@H](Cc1ccccc1)C(=O)N[C@@H](CCCCNC(=O)OCc1ccccc1)C(=O)N=O. The Labute approximate surface area is 186 Å². The lowest BCUT2D eigenvalue weighted by atomic mass is 10.0. The molecule has 9 heteroatoms. The van der Waals surface area contributed by atoms with Crippen LogP contribution in [0.2, 0.25) is 0 Å². The van der Waals surface area contributed by atoms with Gasteiger partial charge in [0, 0.05) is 18.1 Å². The molecular weight excluding hydrogens is 412 g/mol. The van der Waals surface area contributed by atoms with Gasteiger partial charge in [-0.3, -0.25) is 9.59 Å². The minimum atomic E-state index is -1.01. The molecule has 0 heterocycles. The highest BCUT2D eigenvalue weighted by Crippen LogP contribution is 2.06. The van der Waals surface area contributed by atoms with Crippen LogP contribution in [0, 0.1) is 4.91 Å². The van der Waals surface area contributed by atoms with Gasteiger partial charge in [-0.05, 0) is 30.4 Å². The Kier molecular flexibility index (Phi) is 10.5. The third-order valence-corrected chi connectivity index (χ3v) is 4.80. The number of carbonyl (C=O) groups is 3. The van der Waals surface area contributed by atoms with Gasteiger partial charge < -0.3 is 21.1 Å². The summed E-state index contributed by atoms with van der Waals surface area (Å²) >= 11 is 0. The first-order valence-electron chi connectivity index (χ1n) is 10.5. The zero-order valence-electron chi connectivity index (χ0n) is 17.9. The quantitative estimate of drug-likeness (QED) is 0.340. The van der Waals surface area contributed by atoms with Crippen LogP contribution in [0.3, 0.4) is 0 Å². The van der Waals surface area contributed by atoms with Crippen molar-refractivity contribution in [1.29, 1.82) is 0 Å². The number of amides is 3. The van der Waals surface area contributed by atoms with Crippen molar-refractivity contribution in [3.05, 3.63) is 76.7 Å². The number of nitrogens with one attached hydrogen (secondary N) is 2. The van der Waals surface area contributed by atoms with E-state index in [9.17, 15) is 19.3 Å². The lowest BCUT2D eigenvalue weighted by Crippen LogP contribution is -2.69. The van der Waals surface area contributed by atoms with Gasteiger partial charge in [0.15, 0.2) is 6.04 Å². The first-order chi connectivity index (χ1) is 15.5. The molecule has 0 spiro atoms. The van der Waals surface area contributed by atoms with Crippen molar-refractivity contribution in [2.24, 2.45) is 5.18 Å². The molecule has 0 bridgehead atoms. The Morgan fingerprint density at radius 2 is 1.56 bits per heavy atom. The summed E-state index contributed by atoms with van der Waals surface area (Å²) < 4.78 is 5.11. The number of quaternary nitrogens is 1. The van der Waals surface area contributed by atoms with Gasteiger partial charge in [-0.25, -0.2) is 4.79 Å². The summed E-state index contributed by atoms with van der Waals surface area (Å²) in [5.41, 5.74) is 5.68. The number of hydrogen-bond donors (Lipinski definition) is 3. The van der Waals surface area contributed by atoms with Gasteiger partial charge in [-0.15, -0.1) is 4.91 Å². The maximum Gasteiger partial charge on any atom is 0.407 e. The number of hydrogen-bond acceptors (Lipinski definition) is 5. The molecule has 2 aromatic carbocycles. The summed E-state index contributed by atoms with van der Waals surface area (Å²) in [5.74, 6) is -1.35. The van der Waals surface area contributed by atoms with Gasteiger partial charge in [0.05, 0.1) is 0 Å². The fourth-order valence-electron chi connectivity index (χ4n) is 3.04. The van der Waals surface area contributed by atoms with Crippen LogP contribution in [0.5, 0.6) is 0 Å². The first-order valence-corrected chi connectivity index (χ1v) is 10.5. The van der Waals surface area contributed by atoms with Crippen molar-refractivity contribution in [1.82, 2.24) is 10.6 Å². The number of carbonyl (C=O) groups excluding carboxylic acids is 3. The molecular formula is C23H29N4O5+. The van der Waals surface area contributed by atoms with E-state index in [1.165, 1.54) is 0 Å². The molecule has 2 atom stereocenters. The highest BCUT2D eigenvalue weighted by Gasteiger charge is 2.26. The van der Waals surface area contributed by atoms with Crippen molar-refractivity contribution in [2.75, 3.05) is 6.54 Å². The molecule has 0 aliphatic heterocycles. The van der Waals surface area contributed by atoms with Crippen LogP contribution in [-0.4, -0.2) is 36.5 Å². The maximum absolute atomic E-state index is 12.4. The van der Waals surface area contributed by atoms with Gasteiger partial charge >= 0.3 is 12.0 Å². The Bertz CT molecular complexity index is 876. The summed E-state index contributed by atoms with van der Waals surface area (Å²) in [6.45, 7) is 0.512. The van der Waals surface area contributed by atoms with Gasteiger partial charge in [0.1, 0.15) is 12.6 Å². The third kappa shape index (κ3) is 9.05. The van der Waals surface area contributed by atoms with Crippen LogP contribution in [0.1, 0.15) is 30.4 Å². The number of nitroso groups, excluding NO2 is 1. The summed E-state index contributed by atoms with van der Waals surface area (Å²) in [6.07, 6.45) is 1.14. The van der Waals surface area contributed by atoms with E-state index >= 15 is 0 Å². The minimum Gasteiger partial charge on any atom is -0.445 e. The van der Waals surface area contributed by atoms with Gasteiger partial charge in [0.25, 0.3) is 5.91 Å². The molecule has 0 radical (unpaired) electrons. The zero-order chi connectivity index (χ0) is 23.2. The smallest absolute Gasteiger partial charge is 0.407 e. The number of rotatable bonds is 12. The molecule has 0 unspecified atom stereocenters. The molecule has 0 aromatic heterocycles. The van der Waals surface area contributed by atoms with E-state index in [1.807, 2.05) is 60.7 Å². The topological polar surface area (TPSA) is 142 Å². The van der Waals surface area contributed by atoms with Crippen LogP contribution in [0.15, 0.2) is 65.8 Å². The van der Waals surface area contributed by atoms with E-state index in [-0.39, 0.29) is 13.0 Å². The number of unbranched alkanes of at least 4 members (excludes halogenated alkanes) is 1. The largest absolute Gasteiger partial charge is 0.445 e. The fourth-order valence-corrected chi connectivity index (χ4v) is 3.04. The van der Waals surface area contributed by atoms with Crippen LogP contribution >= 0.6 is 0 Å². The van der Waals surface area contributed by atoms with Crippen molar-refractivity contribution in [3.63, 3.8) is 0 Å². The van der Waals surface area contributed by atoms with E-state index in [1.54, 1.807) is 0 Å². The van der Waals surface area contributed by atoms with E-state index in [0.29, 0.717) is 25.8 Å². The molecule has 170 valence electrons. The summed E-state index contributed by atoms with van der Waals surface area (Å²) in [5, 5.41) is 7.65. The van der Waals surface area contributed by atoms with E-state index in [4.69, 9.17) is 4.74 Å². The lowest BCUT2D eigenvalue weighted by molar-refractivity contribution is -0.403. The molecule has 2 rings (SSSR count). The van der Waals surface area contributed by atoms with Crippen LogP contribution in [-0.2, 0) is 27.4 Å². The molecule has 32 heavy (non-hydrogen) atoms. The average molecular weight is 442 g/mol. The van der Waals surface area contributed by atoms with Crippen molar-refractivity contribution in [2.45, 2.75) is 44.4 Å². The number of nitrogens with zero attached hydrogens (tertiary/aromatic N) is 1. The highest BCUT2D eigenvalue weighted by atomic mass is 16.5. The number of ether oxygens (including phenoxy) is 1. The fraction of sp³-hybridized carbons (Fsp3) is 0.348. The van der Waals surface area contributed by atoms with Crippen molar-refractivity contribution >= 4 is 17.9 Å². The monoisotopic (exact) mass is 441 g/mol. The Hall–Kier alpha value is -3.59. The standard InChI is InChI=1S/C23H28N4O5/c24-19(15-17-9-3-1-4-10-17)21(28)26-20(22(29)27-31)13-7-8-14-25-23(30)32-16-18-11-5-2-6-12-18/h1-6,9-12,19-20H,7-8,13-16,24H2,(H,25,30)(H,26,28)/p+1/t19-,20-/m0/s1. The average Bonchev–Trinajstić information content (AvgIpc) is 2.82. The predicted molar refractivity (Wildman–Crippen MR) is 118 cm³/mol. The van der Waals surface area contributed by atoms with E-state index < -0.39 is 30.0 Å². The second-order valence-electron chi connectivity index (χ2n) is 7.36. The molecule has 0 saturated heterocycles. The number of alkyl carbamates (subject to hydrolysis) is 1. The Morgan fingerprint density at radius 1 is 0.938 bits per heavy atom. The molecule has 3 amide bonds. The zero-order valence-corrected chi connectivity index (χ0v) is 17.9. The second-order valence-corrected chi connectivity index (χ2v) is 7.36. The normalized spacial score (nSPS) is 12.3. The van der Waals surface area contributed by atoms with Crippen LogP contribution < -0.4 is 16.4 Å². The van der Waals surface area contributed by atoms with Gasteiger partial charge in [-0.1, -0.05) is 60.7 Å². The molecule has 0 aliphatic rings. The van der Waals surface area contributed by atoms with Crippen LogP contribution in [0.4, 0.5) is 4.79 Å². The summed E-state index contributed by atoms with van der Waals surface area (Å²) in [6, 6.07) is 17.1. The molecule has 0 saturated carbocycles. The molecule has 2 aromatic rings. The predicted octanol–water partition coefficient (Wildman–Crippen LogP) is 1.71. The van der Waals surface area contributed by atoms with Crippen molar-refractivity contribution in [3.8, 4) is 0 Å². The molecule has 9 nitrogen and oxygen atoms in total. The Balaban J connectivity index is 1.69. The Morgan fingerprint density at radius 3 is 2.19 bits per heavy atom. The van der Waals surface area contributed by atoms with Gasteiger partial charge in [-0.2, -0.15) is 0 Å². The third-order valence-electron chi connectivity index (χ3n) is 4.80. The molecule has 5 N–H and O–H groups in total. The second kappa shape index (κ2) is 13.7. The molecule has 0 aliphatic carbocycles. The first kappa shape index (κ1) is 24.7. The maximum atomic E-state index is 12.4. The van der Waals surface area contributed by atoms with Crippen molar-refractivity contribution < 1.29 is 24.9 Å². The van der Waals surface area contributed by atoms with Gasteiger partial charge in [0.2, 0.25) is 0 Å². The number of benzene rings is 2. The summed E-state index contributed by atoms with van der Waals surface area (Å²) in [4.78, 5) is 46.7. The lowest BCUT2D eigenvalue weighted by Gasteiger charge is -2.16. The minimum absolute atomic E-state index is 0.176.